The van der Waals surface area contributed by atoms with Gasteiger partial charge < -0.3 is 4.74 Å². The molecule has 0 radical (unpaired) electrons. The normalized spacial score (nSPS) is 17.7. The third-order valence-electron chi connectivity index (χ3n) is 8.01. The molecule has 0 saturated carbocycles. The van der Waals surface area contributed by atoms with Crippen LogP contribution in [-0.4, -0.2) is 5.97 Å². The molecule has 2 rings (SSSR count). The van der Waals surface area contributed by atoms with Crippen molar-refractivity contribution in [1.82, 2.24) is 0 Å². The highest BCUT2D eigenvalue weighted by Gasteiger charge is 2.26. The van der Waals surface area contributed by atoms with Crippen molar-refractivity contribution < 1.29 is 9.53 Å². The smallest absolute Gasteiger partial charge is 0.336 e. The Morgan fingerprint density at radius 1 is 1.05 bits per heavy atom. The molecule has 1 aromatic carbocycles. The molecule has 1 unspecified atom stereocenters. The van der Waals surface area contributed by atoms with Gasteiger partial charge in [-0.05, 0) is 119 Å². The number of hydrogen-bond donors (Lipinski definition) is 0. The molecule has 2 nitrogen and oxygen atoms in total. The quantitative estimate of drug-likeness (QED) is 0.0817. The SMILES string of the molecule is C=CC(C)(CCC=C(C)C)CCc1ccc(OC(=O)\C=C(C)/C=C/C=C(C)/C=C\C2=C(C)CCCC2(C)C)cc1. The number of carbonyl (C=O) groups excluding carboxylic acids is 1. The summed E-state index contributed by atoms with van der Waals surface area (Å²) in [7, 11) is 0. The number of rotatable bonds is 13. The van der Waals surface area contributed by atoms with Gasteiger partial charge in [-0.2, -0.15) is 0 Å². The Bertz CT molecular complexity index is 1190. The summed E-state index contributed by atoms with van der Waals surface area (Å²) in [4.78, 5) is 12.4. The molecule has 1 atom stereocenters. The van der Waals surface area contributed by atoms with E-state index in [9.17, 15) is 4.79 Å². The van der Waals surface area contributed by atoms with E-state index in [1.165, 1.54) is 53.2 Å². The minimum atomic E-state index is -0.365. The number of carbonyl (C=O) groups is 1. The minimum Gasteiger partial charge on any atom is -0.423 e. The first-order valence-corrected chi connectivity index (χ1v) is 14.8. The summed E-state index contributed by atoms with van der Waals surface area (Å²) in [6, 6.07) is 7.85. The zero-order chi connectivity index (χ0) is 29.8. The molecule has 0 aliphatic heterocycles. The molecule has 0 fully saturated rings. The van der Waals surface area contributed by atoms with E-state index in [-0.39, 0.29) is 16.8 Å². The molecule has 40 heavy (non-hydrogen) atoms. The molecule has 1 aromatic rings. The Labute approximate surface area is 245 Å². The van der Waals surface area contributed by atoms with Gasteiger partial charge in [0.05, 0.1) is 0 Å². The van der Waals surface area contributed by atoms with Crippen LogP contribution in [-0.2, 0) is 11.2 Å². The zero-order valence-electron chi connectivity index (χ0n) is 26.4. The second kappa shape index (κ2) is 15.6. The monoisotopic (exact) mass is 540 g/mol. The average Bonchev–Trinajstić information content (AvgIpc) is 2.87. The Balaban J connectivity index is 1.89. The summed E-state index contributed by atoms with van der Waals surface area (Å²) < 4.78 is 5.54. The molecule has 0 amide bonds. The fraction of sp³-hybridized carbons (Fsp3) is 0.447. The van der Waals surface area contributed by atoms with Gasteiger partial charge in [0, 0.05) is 6.08 Å². The maximum atomic E-state index is 12.4. The average molecular weight is 541 g/mol. The van der Waals surface area contributed by atoms with E-state index in [4.69, 9.17) is 4.74 Å². The first-order chi connectivity index (χ1) is 18.8. The largest absolute Gasteiger partial charge is 0.423 e. The van der Waals surface area contributed by atoms with E-state index >= 15 is 0 Å². The van der Waals surface area contributed by atoms with Crippen LogP contribution in [0.2, 0.25) is 0 Å². The summed E-state index contributed by atoms with van der Waals surface area (Å²) in [6.07, 6.45) is 24.3. The van der Waals surface area contributed by atoms with Gasteiger partial charge in [0.1, 0.15) is 5.75 Å². The lowest BCUT2D eigenvalue weighted by Crippen LogP contribution is -2.19. The summed E-state index contributed by atoms with van der Waals surface area (Å²) in [5.41, 5.74) is 7.94. The fourth-order valence-electron chi connectivity index (χ4n) is 5.19. The van der Waals surface area contributed by atoms with Gasteiger partial charge in [0.15, 0.2) is 0 Å². The molecule has 0 N–H and O–H groups in total. The first kappa shape index (κ1) is 33.1. The maximum absolute atomic E-state index is 12.4. The van der Waals surface area contributed by atoms with Crippen LogP contribution in [0.5, 0.6) is 5.75 Å². The van der Waals surface area contributed by atoms with Crippen molar-refractivity contribution in [2.75, 3.05) is 0 Å². The van der Waals surface area contributed by atoms with E-state index in [2.05, 4.69) is 85.4 Å². The molecular weight excluding hydrogens is 488 g/mol. The third-order valence-corrected chi connectivity index (χ3v) is 8.01. The van der Waals surface area contributed by atoms with E-state index in [1.807, 2.05) is 43.3 Å². The van der Waals surface area contributed by atoms with Crippen LogP contribution < -0.4 is 4.74 Å². The highest BCUT2D eigenvalue weighted by molar-refractivity contribution is 5.85. The van der Waals surface area contributed by atoms with Crippen LogP contribution in [0.25, 0.3) is 0 Å². The number of allylic oxidation sites excluding steroid dienone is 12. The van der Waals surface area contributed by atoms with Crippen LogP contribution in [0.4, 0.5) is 0 Å². The van der Waals surface area contributed by atoms with Crippen molar-refractivity contribution in [2.24, 2.45) is 10.8 Å². The van der Waals surface area contributed by atoms with Crippen LogP contribution >= 0.6 is 0 Å². The van der Waals surface area contributed by atoms with Gasteiger partial charge in [-0.15, -0.1) is 6.58 Å². The van der Waals surface area contributed by atoms with Crippen LogP contribution in [0.3, 0.4) is 0 Å². The highest BCUT2D eigenvalue weighted by atomic mass is 16.5. The number of benzene rings is 1. The van der Waals surface area contributed by atoms with Crippen LogP contribution in [0.1, 0.15) is 99.5 Å². The lowest BCUT2D eigenvalue weighted by molar-refractivity contribution is -0.129. The molecular formula is C38H52O2. The number of ether oxygens (including phenoxy) is 1. The van der Waals surface area contributed by atoms with Crippen LogP contribution in [0, 0.1) is 10.8 Å². The lowest BCUT2D eigenvalue weighted by atomic mass is 9.72. The van der Waals surface area contributed by atoms with Crippen molar-refractivity contribution in [1.29, 1.82) is 0 Å². The number of aryl methyl sites for hydroxylation is 1. The molecule has 0 bridgehead atoms. The zero-order valence-corrected chi connectivity index (χ0v) is 26.4. The van der Waals surface area contributed by atoms with Gasteiger partial charge in [-0.1, -0.05) is 92.2 Å². The molecule has 0 spiro atoms. The number of esters is 1. The highest BCUT2D eigenvalue weighted by Crippen LogP contribution is 2.40. The molecule has 0 heterocycles. The maximum Gasteiger partial charge on any atom is 0.336 e. The molecule has 2 heteroatoms. The van der Waals surface area contributed by atoms with Gasteiger partial charge in [-0.3, -0.25) is 0 Å². The van der Waals surface area contributed by atoms with Crippen molar-refractivity contribution in [3.05, 3.63) is 113 Å². The molecule has 1 aliphatic carbocycles. The molecule has 0 saturated heterocycles. The van der Waals surface area contributed by atoms with E-state index < -0.39 is 0 Å². The summed E-state index contributed by atoms with van der Waals surface area (Å²) in [5.74, 6) is 0.198. The summed E-state index contributed by atoms with van der Waals surface area (Å²) >= 11 is 0. The standard InChI is InChI=1S/C38H52O2/c1-10-38(9,26-12-14-29(2)3)27-24-33-19-21-34(22-20-33)40-36(39)28-31(5)16-11-15-30(4)18-23-35-32(6)17-13-25-37(35,7)8/h10-11,14-16,18-23,28H,1,12-13,17,24-27H2,2-9H3/b16-11+,23-18-,30-15+,31-28-. The van der Waals surface area contributed by atoms with Crippen molar-refractivity contribution in [3.63, 3.8) is 0 Å². The summed E-state index contributed by atoms with van der Waals surface area (Å²) in [5, 5.41) is 0. The third kappa shape index (κ3) is 11.5. The first-order valence-electron chi connectivity index (χ1n) is 14.8. The van der Waals surface area contributed by atoms with E-state index in [0.29, 0.717) is 5.75 Å². The van der Waals surface area contributed by atoms with Crippen molar-refractivity contribution >= 4 is 5.97 Å². The van der Waals surface area contributed by atoms with Gasteiger partial charge in [0.2, 0.25) is 0 Å². The van der Waals surface area contributed by atoms with E-state index in [0.717, 1.165) is 31.3 Å². The molecule has 1 aliphatic rings. The van der Waals surface area contributed by atoms with Gasteiger partial charge in [-0.25, -0.2) is 4.79 Å². The predicted molar refractivity (Wildman–Crippen MR) is 173 cm³/mol. The number of hydrogen-bond acceptors (Lipinski definition) is 2. The Morgan fingerprint density at radius 3 is 2.38 bits per heavy atom. The second-order valence-electron chi connectivity index (χ2n) is 12.7. The second-order valence-corrected chi connectivity index (χ2v) is 12.7. The Hall–Kier alpha value is -3.13. The summed E-state index contributed by atoms with van der Waals surface area (Å²) in [6.45, 7) is 21.6. The Morgan fingerprint density at radius 2 is 1.75 bits per heavy atom. The molecule has 216 valence electrons. The van der Waals surface area contributed by atoms with Crippen molar-refractivity contribution in [3.8, 4) is 5.75 Å². The fourth-order valence-corrected chi connectivity index (χ4v) is 5.19. The Kier molecular flexibility index (Phi) is 12.9. The predicted octanol–water partition coefficient (Wildman–Crippen LogP) is 11.0. The lowest BCUT2D eigenvalue weighted by Gasteiger charge is -2.32. The van der Waals surface area contributed by atoms with Crippen molar-refractivity contribution in [2.45, 2.75) is 100 Å². The van der Waals surface area contributed by atoms with E-state index in [1.54, 1.807) is 0 Å². The van der Waals surface area contributed by atoms with Crippen LogP contribution in [0.15, 0.2) is 107 Å². The minimum absolute atomic E-state index is 0.111. The molecule has 0 aromatic heterocycles. The van der Waals surface area contributed by atoms with Gasteiger partial charge >= 0.3 is 5.97 Å². The van der Waals surface area contributed by atoms with Gasteiger partial charge in [0.25, 0.3) is 0 Å². The topological polar surface area (TPSA) is 26.3 Å².